The van der Waals surface area contributed by atoms with E-state index in [0.29, 0.717) is 11.5 Å². The fraction of sp³-hybridized carbons (Fsp3) is 0.500. The summed E-state index contributed by atoms with van der Waals surface area (Å²) in [5.74, 6) is 0. The number of nitrogens with one attached hydrogen (secondary N) is 1. The van der Waals surface area contributed by atoms with Gasteiger partial charge in [0.2, 0.25) is 0 Å². The van der Waals surface area contributed by atoms with Gasteiger partial charge in [-0.2, -0.15) is 15.0 Å². The Hall–Kier alpha value is -1.84. The fourth-order valence-corrected chi connectivity index (χ4v) is 3.10. The topological polar surface area (TPSA) is 42.7 Å². The van der Waals surface area contributed by atoms with E-state index in [1.165, 1.54) is 31.4 Å². The number of anilines is 1. The van der Waals surface area contributed by atoms with Crippen LogP contribution in [0.15, 0.2) is 36.7 Å². The van der Waals surface area contributed by atoms with E-state index < -0.39 is 0 Å². The summed E-state index contributed by atoms with van der Waals surface area (Å²) in [5.41, 5.74) is 2.64. The first-order chi connectivity index (χ1) is 9.62. The minimum atomic E-state index is 0.467. The second-order valence-electron chi connectivity index (χ2n) is 6.47. The molecule has 1 aromatic carbocycles. The van der Waals surface area contributed by atoms with Gasteiger partial charge in [0.05, 0.1) is 18.1 Å². The van der Waals surface area contributed by atoms with Crippen LogP contribution in [0.4, 0.5) is 5.69 Å². The van der Waals surface area contributed by atoms with Gasteiger partial charge in [0, 0.05) is 11.7 Å². The Morgan fingerprint density at radius 3 is 2.50 bits per heavy atom. The Bertz CT molecular complexity index is 542. The third-order valence-corrected chi connectivity index (χ3v) is 4.09. The molecule has 0 radical (unpaired) electrons. The summed E-state index contributed by atoms with van der Waals surface area (Å²) in [6.07, 6.45) is 8.56. The van der Waals surface area contributed by atoms with Crippen molar-refractivity contribution in [2.24, 2.45) is 5.41 Å². The van der Waals surface area contributed by atoms with Crippen molar-refractivity contribution < 1.29 is 0 Å². The Morgan fingerprint density at radius 2 is 1.85 bits per heavy atom. The van der Waals surface area contributed by atoms with Crippen molar-refractivity contribution in [3.63, 3.8) is 0 Å². The molecule has 20 heavy (non-hydrogen) atoms. The summed E-state index contributed by atoms with van der Waals surface area (Å²) in [4.78, 5) is 1.63. The van der Waals surface area contributed by atoms with Gasteiger partial charge in [-0.3, -0.25) is 0 Å². The van der Waals surface area contributed by atoms with E-state index in [0.717, 1.165) is 5.69 Å². The van der Waals surface area contributed by atoms with Crippen molar-refractivity contribution in [1.29, 1.82) is 0 Å². The number of aromatic nitrogens is 3. The normalized spacial score (nSPS) is 21.6. The van der Waals surface area contributed by atoms with Gasteiger partial charge in [0.15, 0.2) is 0 Å². The summed E-state index contributed by atoms with van der Waals surface area (Å²) in [6.45, 7) is 4.74. The van der Waals surface area contributed by atoms with E-state index >= 15 is 0 Å². The minimum Gasteiger partial charge on any atom is -0.382 e. The zero-order chi connectivity index (χ0) is 14.0. The largest absolute Gasteiger partial charge is 0.382 e. The minimum absolute atomic E-state index is 0.467. The summed E-state index contributed by atoms with van der Waals surface area (Å²) in [5, 5.41) is 11.9. The SMILES string of the molecule is CC1(C)CCCC(Nc2ccc(-n3nccn3)cc2)C1. The zero-order valence-corrected chi connectivity index (χ0v) is 12.2. The van der Waals surface area contributed by atoms with Gasteiger partial charge in [-0.25, -0.2) is 0 Å². The molecule has 2 aromatic rings. The molecule has 1 aromatic heterocycles. The lowest BCUT2D eigenvalue weighted by atomic mass is 9.75. The summed E-state index contributed by atoms with van der Waals surface area (Å²) < 4.78 is 0. The highest BCUT2D eigenvalue weighted by atomic mass is 15.5. The number of hydrogen-bond acceptors (Lipinski definition) is 3. The molecule has 1 heterocycles. The first kappa shape index (κ1) is 13.2. The van der Waals surface area contributed by atoms with Crippen LogP contribution in [0.2, 0.25) is 0 Å². The van der Waals surface area contributed by atoms with Crippen molar-refractivity contribution in [2.75, 3.05) is 5.32 Å². The lowest BCUT2D eigenvalue weighted by molar-refractivity contribution is 0.229. The van der Waals surface area contributed by atoms with Crippen LogP contribution in [0.25, 0.3) is 5.69 Å². The van der Waals surface area contributed by atoms with E-state index in [9.17, 15) is 0 Å². The Labute approximate surface area is 120 Å². The zero-order valence-electron chi connectivity index (χ0n) is 12.2. The van der Waals surface area contributed by atoms with Crippen molar-refractivity contribution >= 4 is 5.69 Å². The molecular weight excluding hydrogens is 248 g/mol. The van der Waals surface area contributed by atoms with Crippen molar-refractivity contribution in [3.8, 4) is 5.69 Å². The van der Waals surface area contributed by atoms with Gasteiger partial charge in [-0.15, -0.1) is 0 Å². The fourth-order valence-electron chi connectivity index (χ4n) is 3.10. The average Bonchev–Trinajstić information content (AvgIpc) is 2.92. The van der Waals surface area contributed by atoms with Crippen molar-refractivity contribution in [2.45, 2.75) is 45.6 Å². The molecule has 1 N–H and O–H groups in total. The third kappa shape index (κ3) is 3.00. The highest BCUT2D eigenvalue weighted by Gasteiger charge is 2.27. The van der Waals surface area contributed by atoms with E-state index in [1.807, 2.05) is 0 Å². The predicted octanol–water partition coefficient (Wildman–Crippen LogP) is 3.65. The van der Waals surface area contributed by atoms with Gasteiger partial charge < -0.3 is 5.32 Å². The van der Waals surface area contributed by atoms with Crippen LogP contribution in [0.3, 0.4) is 0 Å². The summed E-state index contributed by atoms with van der Waals surface area (Å²) in [7, 11) is 0. The second-order valence-corrected chi connectivity index (χ2v) is 6.47. The highest BCUT2D eigenvalue weighted by molar-refractivity contribution is 5.48. The number of benzene rings is 1. The Balaban J connectivity index is 1.66. The van der Waals surface area contributed by atoms with Crippen LogP contribution in [0.5, 0.6) is 0 Å². The monoisotopic (exact) mass is 270 g/mol. The first-order valence-electron chi connectivity index (χ1n) is 7.36. The maximum atomic E-state index is 4.14. The number of hydrogen-bond donors (Lipinski definition) is 1. The smallest absolute Gasteiger partial charge is 0.0858 e. The van der Waals surface area contributed by atoms with Gasteiger partial charge >= 0.3 is 0 Å². The van der Waals surface area contributed by atoms with Crippen LogP contribution in [-0.2, 0) is 0 Å². The number of rotatable bonds is 3. The Morgan fingerprint density at radius 1 is 1.15 bits per heavy atom. The quantitative estimate of drug-likeness (QED) is 0.925. The molecule has 1 fully saturated rings. The van der Waals surface area contributed by atoms with Crippen molar-refractivity contribution in [3.05, 3.63) is 36.7 Å². The third-order valence-electron chi connectivity index (χ3n) is 4.09. The molecule has 4 nitrogen and oxygen atoms in total. The second kappa shape index (κ2) is 5.27. The van der Waals surface area contributed by atoms with Gasteiger partial charge in [0.25, 0.3) is 0 Å². The molecule has 0 spiro atoms. The molecule has 0 aliphatic heterocycles. The van der Waals surface area contributed by atoms with Crippen LogP contribution < -0.4 is 5.32 Å². The maximum Gasteiger partial charge on any atom is 0.0858 e. The molecule has 1 unspecified atom stereocenters. The van der Waals surface area contributed by atoms with Gasteiger partial charge in [0.1, 0.15) is 0 Å². The number of nitrogens with zero attached hydrogens (tertiary/aromatic N) is 3. The van der Waals surface area contributed by atoms with Crippen molar-refractivity contribution in [1.82, 2.24) is 15.0 Å². The predicted molar refractivity (Wildman–Crippen MR) is 81.0 cm³/mol. The standard InChI is InChI=1S/C16H22N4/c1-16(2)9-3-4-14(12-16)19-13-5-7-15(8-6-13)20-17-10-11-18-20/h5-8,10-11,14,19H,3-4,9,12H2,1-2H3. The molecule has 1 aliphatic rings. The van der Waals surface area contributed by atoms with Crippen LogP contribution in [-0.4, -0.2) is 21.0 Å². The molecular formula is C16H22N4. The maximum absolute atomic E-state index is 4.14. The van der Waals surface area contributed by atoms with Gasteiger partial charge in [-0.1, -0.05) is 20.3 Å². The Kier molecular flexibility index (Phi) is 3.47. The molecule has 0 saturated heterocycles. The molecule has 1 aliphatic carbocycles. The molecule has 4 heteroatoms. The lowest BCUT2D eigenvalue weighted by Crippen LogP contribution is -2.31. The van der Waals surface area contributed by atoms with Crippen LogP contribution >= 0.6 is 0 Å². The highest BCUT2D eigenvalue weighted by Crippen LogP contribution is 2.36. The molecule has 0 bridgehead atoms. The van der Waals surface area contributed by atoms with E-state index in [2.05, 4.69) is 53.6 Å². The molecule has 106 valence electrons. The lowest BCUT2D eigenvalue weighted by Gasteiger charge is -2.36. The molecule has 0 amide bonds. The van der Waals surface area contributed by atoms with Crippen LogP contribution in [0, 0.1) is 5.41 Å². The summed E-state index contributed by atoms with van der Waals surface area (Å²) in [6, 6.07) is 8.92. The molecule has 3 rings (SSSR count). The van der Waals surface area contributed by atoms with E-state index in [4.69, 9.17) is 0 Å². The summed E-state index contributed by atoms with van der Waals surface area (Å²) >= 11 is 0. The van der Waals surface area contributed by atoms with E-state index in [1.54, 1.807) is 17.2 Å². The average molecular weight is 270 g/mol. The molecule has 1 saturated carbocycles. The molecule has 1 atom stereocenters. The van der Waals surface area contributed by atoms with E-state index in [-0.39, 0.29) is 0 Å². The van der Waals surface area contributed by atoms with Gasteiger partial charge in [-0.05, 0) is 48.9 Å². The van der Waals surface area contributed by atoms with Crippen LogP contribution in [0.1, 0.15) is 39.5 Å². The first-order valence-corrected chi connectivity index (χ1v) is 7.36.